The van der Waals surface area contributed by atoms with Crippen molar-refractivity contribution in [2.45, 2.75) is 13.8 Å². The van der Waals surface area contributed by atoms with Gasteiger partial charge in [-0.2, -0.15) is 0 Å². The second-order valence-electron chi connectivity index (χ2n) is 3.59. The molecule has 0 fully saturated rings. The standard InChI is InChI=1S/C12H16O2/c1-9-4-6-11(7-5-9)12(13)10(2)8-14-3/h4-7,10H,8H2,1-3H3. The molecule has 0 aliphatic heterocycles. The van der Waals surface area contributed by atoms with Crippen molar-refractivity contribution in [1.82, 2.24) is 0 Å². The lowest BCUT2D eigenvalue weighted by atomic mass is 9.99. The first-order valence-corrected chi connectivity index (χ1v) is 4.75. The van der Waals surface area contributed by atoms with Gasteiger partial charge in [0, 0.05) is 18.6 Å². The van der Waals surface area contributed by atoms with Crippen molar-refractivity contribution < 1.29 is 9.53 Å². The summed E-state index contributed by atoms with van der Waals surface area (Å²) in [6, 6.07) is 7.63. The predicted octanol–water partition coefficient (Wildman–Crippen LogP) is 2.46. The van der Waals surface area contributed by atoms with Crippen molar-refractivity contribution in [3.8, 4) is 0 Å². The topological polar surface area (TPSA) is 26.3 Å². The fourth-order valence-electron chi connectivity index (χ4n) is 1.33. The second kappa shape index (κ2) is 4.91. The number of hydrogen-bond donors (Lipinski definition) is 0. The van der Waals surface area contributed by atoms with Gasteiger partial charge in [-0.05, 0) is 6.92 Å². The molecule has 0 heterocycles. The fourth-order valence-corrected chi connectivity index (χ4v) is 1.33. The van der Waals surface area contributed by atoms with Gasteiger partial charge in [-0.3, -0.25) is 4.79 Å². The molecule has 0 N–H and O–H groups in total. The number of ether oxygens (including phenoxy) is 1. The van der Waals surface area contributed by atoms with Crippen LogP contribution in [0.15, 0.2) is 24.3 Å². The first kappa shape index (κ1) is 10.9. The summed E-state index contributed by atoms with van der Waals surface area (Å²) in [6.45, 7) is 4.37. The van der Waals surface area contributed by atoms with Crippen molar-refractivity contribution in [1.29, 1.82) is 0 Å². The van der Waals surface area contributed by atoms with Gasteiger partial charge in [0.2, 0.25) is 0 Å². The van der Waals surface area contributed by atoms with E-state index >= 15 is 0 Å². The number of hydrogen-bond acceptors (Lipinski definition) is 2. The van der Waals surface area contributed by atoms with Gasteiger partial charge in [0.1, 0.15) is 0 Å². The maximum Gasteiger partial charge on any atom is 0.167 e. The maximum absolute atomic E-state index is 11.8. The Morgan fingerprint density at radius 2 is 1.93 bits per heavy atom. The average Bonchev–Trinajstić information content (AvgIpc) is 2.18. The van der Waals surface area contributed by atoms with Gasteiger partial charge in [0.25, 0.3) is 0 Å². The average molecular weight is 192 g/mol. The molecule has 76 valence electrons. The third kappa shape index (κ3) is 2.67. The number of rotatable bonds is 4. The van der Waals surface area contributed by atoms with Crippen LogP contribution in [0.2, 0.25) is 0 Å². The van der Waals surface area contributed by atoms with E-state index in [9.17, 15) is 4.79 Å². The van der Waals surface area contributed by atoms with E-state index in [0.29, 0.717) is 6.61 Å². The second-order valence-corrected chi connectivity index (χ2v) is 3.59. The van der Waals surface area contributed by atoms with Crippen molar-refractivity contribution >= 4 is 5.78 Å². The van der Waals surface area contributed by atoms with Crippen molar-refractivity contribution in [2.75, 3.05) is 13.7 Å². The summed E-state index contributed by atoms with van der Waals surface area (Å²) in [5, 5.41) is 0. The van der Waals surface area contributed by atoms with Gasteiger partial charge in [0.05, 0.1) is 6.61 Å². The summed E-state index contributed by atoms with van der Waals surface area (Å²) in [5.41, 5.74) is 1.93. The van der Waals surface area contributed by atoms with Crippen LogP contribution in [0.1, 0.15) is 22.8 Å². The Morgan fingerprint density at radius 1 is 1.36 bits per heavy atom. The van der Waals surface area contributed by atoms with Crippen LogP contribution in [0.25, 0.3) is 0 Å². The zero-order chi connectivity index (χ0) is 10.6. The van der Waals surface area contributed by atoms with Crippen LogP contribution >= 0.6 is 0 Å². The van der Waals surface area contributed by atoms with Crippen LogP contribution in [0.5, 0.6) is 0 Å². The van der Waals surface area contributed by atoms with E-state index in [1.54, 1.807) is 7.11 Å². The van der Waals surface area contributed by atoms with Gasteiger partial charge in [-0.1, -0.05) is 36.8 Å². The van der Waals surface area contributed by atoms with Gasteiger partial charge < -0.3 is 4.74 Å². The molecule has 0 saturated carbocycles. The van der Waals surface area contributed by atoms with E-state index in [1.807, 2.05) is 38.1 Å². The smallest absolute Gasteiger partial charge is 0.167 e. The summed E-state index contributed by atoms with van der Waals surface area (Å²) in [6.07, 6.45) is 0. The van der Waals surface area contributed by atoms with Crippen LogP contribution in [0, 0.1) is 12.8 Å². The summed E-state index contributed by atoms with van der Waals surface area (Å²) in [4.78, 5) is 11.8. The highest BCUT2D eigenvalue weighted by atomic mass is 16.5. The molecule has 1 rings (SSSR count). The first-order valence-electron chi connectivity index (χ1n) is 4.75. The van der Waals surface area contributed by atoms with Crippen LogP contribution in [-0.4, -0.2) is 19.5 Å². The molecule has 2 nitrogen and oxygen atoms in total. The third-order valence-electron chi connectivity index (χ3n) is 2.20. The number of carbonyl (C=O) groups is 1. The third-order valence-corrected chi connectivity index (χ3v) is 2.20. The Morgan fingerprint density at radius 3 is 2.43 bits per heavy atom. The molecule has 0 bridgehead atoms. The minimum absolute atomic E-state index is 0.0669. The highest BCUT2D eigenvalue weighted by molar-refractivity contribution is 5.97. The molecule has 0 aliphatic rings. The van der Waals surface area contributed by atoms with Gasteiger partial charge in [0.15, 0.2) is 5.78 Å². The van der Waals surface area contributed by atoms with Gasteiger partial charge >= 0.3 is 0 Å². The van der Waals surface area contributed by atoms with Crippen molar-refractivity contribution in [3.05, 3.63) is 35.4 Å². The highest BCUT2D eigenvalue weighted by Gasteiger charge is 2.14. The van der Waals surface area contributed by atoms with Crippen molar-refractivity contribution in [3.63, 3.8) is 0 Å². The summed E-state index contributed by atoms with van der Waals surface area (Å²) >= 11 is 0. The number of benzene rings is 1. The van der Waals surface area contributed by atoms with E-state index in [-0.39, 0.29) is 11.7 Å². The molecular weight excluding hydrogens is 176 g/mol. The molecule has 0 spiro atoms. The predicted molar refractivity (Wildman–Crippen MR) is 56.5 cm³/mol. The monoisotopic (exact) mass is 192 g/mol. The Balaban J connectivity index is 2.74. The lowest BCUT2D eigenvalue weighted by Crippen LogP contribution is -2.16. The lowest BCUT2D eigenvalue weighted by Gasteiger charge is -2.08. The number of carbonyl (C=O) groups excluding carboxylic acids is 1. The molecule has 14 heavy (non-hydrogen) atoms. The van der Waals surface area contributed by atoms with E-state index in [4.69, 9.17) is 4.74 Å². The zero-order valence-electron chi connectivity index (χ0n) is 8.91. The molecule has 1 aromatic carbocycles. The summed E-state index contributed by atoms with van der Waals surface area (Å²) < 4.78 is 4.95. The largest absolute Gasteiger partial charge is 0.384 e. The van der Waals surface area contributed by atoms with E-state index in [2.05, 4.69) is 0 Å². The Labute approximate surface area is 84.9 Å². The lowest BCUT2D eigenvalue weighted by molar-refractivity contribution is 0.0830. The molecule has 0 radical (unpaired) electrons. The number of aryl methyl sites for hydroxylation is 1. The number of methoxy groups -OCH3 is 1. The van der Waals surface area contributed by atoms with Gasteiger partial charge in [-0.15, -0.1) is 0 Å². The minimum Gasteiger partial charge on any atom is -0.384 e. The molecule has 0 saturated heterocycles. The molecule has 1 atom stereocenters. The molecule has 0 amide bonds. The van der Waals surface area contributed by atoms with E-state index in [0.717, 1.165) is 5.56 Å². The first-order chi connectivity index (χ1) is 6.65. The molecule has 0 aliphatic carbocycles. The quantitative estimate of drug-likeness (QED) is 0.685. The summed E-state index contributed by atoms with van der Waals surface area (Å²) in [7, 11) is 1.61. The number of Topliss-reactive ketones (excluding diaryl/α,β-unsaturated/α-hetero) is 1. The molecule has 1 unspecified atom stereocenters. The number of ketones is 1. The Hall–Kier alpha value is -1.15. The normalized spacial score (nSPS) is 12.5. The van der Waals surface area contributed by atoms with Crippen molar-refractivity contribution in [2.24, 2.45) is 5.92 Å². The van der Waals surface area contributed by atoms with Crippen LogP contribution in [-0.2, 0) is 4.74 Å². The zero-order valence-corrected chi connectivity index (χ0v) is 8.91. The Kier molecular flexibility index (Phi) is 3.84. The maximum atomic E-state index is 11.8. The SMILES string of the molecule is COCC(C)C(=O)c1ccc(C)cc1. The molecule has 1 aromatic rings. The Bertz CT molecular complexity index is 301. The van der Waals surface area contributed by atoms with Crippen LogP contribution < -0.4 is 0 Å². The van der Waals surface area contributed by atoms with E-state index in [1.165, 1.54) is 5.56 Å². The van der Waals surface area contributed by atoms with Crippen LogP contribution in [0.4, 0.5) is 0 Å². The molecular formula is C12H16O2. The molecule has 0 aromatic heterocycles. The van der Waals surface area contributed by atoms with E-state index < -0.39 is 0 Å². The van der Waals surface area contributed by atoms with Gasteiger partial charge in [-0.25, -0.2) is 0 Å². The minimum atomic E-state index is -0.0669. The molecule has 2 heteroatoms. The highest BCUT2D eigenvalue weighted by Crippen LogP contribution is 2.10. The summed E-state index contributed by atoms with van der Waals surface area (Å²) in [5.74, 6) is 0.0783. The van der Waals surface area contributed by atoms with Crippen LogP contribution in [0.3, 0.4) is 0 Å². The fraction of sp³-hybridized carbons (Fsp3) is 0.417.